The van der Waals surface area contributed by atoms with Crippen molar-refractivity contribution >= 4 is 52.1 Å². The highest BCUT2D eigenvalue weighted by atomic mass is 35.5. The molecule has 1 atom stereocenters. The van der Waals surface area contributed by atoms with Crippen LogP contribution in [0.2, 0.25) is 10.2 Å². The Morgan fingerprint density at radius 2 is 1.82 bits per heavy atom. The number of pyridine rings is 1. The first-order valence-electron chi connectivity index (χ1n) is 12.8. The highest BCUT2D eigenvalue weighted by Gasteiger charge is 2.31. The van der Waals surface area contributed by atoms with Crippen molar-refractivity contribution in [2.45, 2.75) is 58.7 Å². The van der Waals surface area contributed by atoms with Crippen LogP contribution in [-0.2, 0) is 16.1 Å². The summed E-state index contributed by atoms with van der Waals surface area (Å²) in [6, 6.07) is 1.61. The predicted octanol–water partition coefficient (Wildman–Crippen LogP) is 3.97. The van der Waals surface area contributed by atoms with Gasteiger partial charge in [-0.3, -0.25) is 9.36 Å². The minimum atomic E-state index is -0.550. The molecule has 0 aliphatic carbocycles. The number of hydrogen-bond donors (Lipinski definition) is 0. The van der Waals surface area contributed by atoms with E-state index in [2.05, 4.69) is 16.5 Å². The van der Waals surface area contributed by atoms with Crippen LogP contribution >= 0.6 is 23.2 Å². The third-order valence-electron chi connectivity index (χ3n) is 6.93. The van der Waals surface area contributed by atoms with E-state index in [9.17, 15) is 14.4 Å². The summed E-state index contributed by atoms with van der Waals surface area (Å²) in [4.78, 5) is 52.3. The number of aromatic nitrogens is 3. The van der Waals surface area contributed by atoms with E-state index in [1.165, 1.54) is 6.08 Å². The molecule has 4 heterocycles. The summed E-state index contributed by atoms with van der Waals surface area (Å²) >= 11 is 12.6. The molecule has 10 nitrogen and oxygen atoms in total. The zero-order valence-corrected chi connectivity index (χ0v) is 23.8. The number of piperidine rings is 1. The van der Waals surface area contributed by atoms with Crippen LogP contribution < -0.4 is 10.6 Å². The van der Waals surface area contributed by atoms with Crippen molar-refractivity contribution in [1.29, 1.82) is 0 Å². The van der Waals surface area contributed by atoms with Crippen LogP contribution in [0.3, 0.4) is 0 Å². The average molecular weight is 566 g/mol. The maximum atomic E-state index is 13.4. The Morgan fingerprint density at radius 3 is 2.42 bits per heavy atom. The number of carbonyl (C=O) groups is 2. The molecule has 0 aromatic carbocycles. The lowest BCUT2D eigenvalue weighted by Crippen LogP contribution is -2.54. The number of carbonyl (C=O) groups excluding carboxylic acids is 2. The number of ether oxygens (including phenoxy) is 1. The Balaban J connectivity index is 1.59. The summed E-state index contributed by atoms with van der Waals surface area (Å²) in [5.41, 5.74) is -0.559. The third-order valence-corrected chi connectivity index (χ3v) is 7.61. The van der Waals surface area contributed by atoms with Gasteiger partial charge in [0.25, 0.3) is 0 Å². The van der Waals surface area contributed by atoms with E-state index >= 15 is 0 Å². The van der Waals surface area contributed by atoms with E-state index < -0.39 is 11.3 Å². The third kappa shape index (κ3) is 6.07. The number of anilines is 1. The van der Waals surface area contributed by atoms with E-state index in [0.717, 1.165) is 0 Å². The Labute approximate surface area is 232 Å². The van der Waals surface area contributed by atoms with Crippen LogP contribution in [0.5, 0.6) is 0 Å². The summed E-state index contributed by atoms with van der Waals surface area (Å²) in [5, 5.41) is 1.01. The van der Waals surface area contributed by atoms with Crippen molar-refractivity contribution < 1.29 is 14.3 Å². The maximum Gasteiger partial charge on any atom is 0.410 e. The van der Waals surface area contributed by atoms with Crippen LogP contribution in [0, 0.1) is 5.92 Å². The molecule has 0 saturated carbocycles. The lowest BCUT2D eigenvalue weighted by molar-refractivity contribution is -0.126. The second-order valence-electron chi connectivity index (χ2n) is 10.9. The lowest BCUT2D eigenvalue weighted by atomic mass is 9.97. The topological polar surface area (TPSA) is 101 Å². The minimum absolute atomic E-state index is 0.0924. The van der Waals surface area contributed by atoms with Crippen LogP contribution in [0.25, 0.3) is 11.0 Å². The minimum Gasteiger partial charge on any atom is -0.444 e. The van der Waals surface area contributed by atoms with Crippen molar-refractivity contribution in [1.82, 2.24) is 24.3 Å². The fraction of sp³-hybridized carbons (Fsp3) is 0.577. The van der Waals surface area contributed by atoms with Crippen LogP contribution in [0.4, 0.5) is 10.6 Å². The smallest absolute Gasteiger partial charge is 0.410 e. The molecule has 2 saturated heterocycles. The molecular formula is C26H34Cl2N6O4. The number of nitrogens with zero attached hydrogens (tertiary/aromatic N) is 6. The first-order valence-corrected chi connectivity index (χ1v) is 13.6. The molecule has 2 aliphatic heterocycles. The molecule has 12 heteroatoms. The molecule has 2 aromatic heterocycles. The van der Waals surface area contributed by atoms with Gasteiger partial charge in [0, 0.05) is 45.3 Å². The van der Waals surface area contributed by atoms with Gasteiger partial charge >= 0.3 is 11.8 Å². The monoisotopic (exact) mass is 564 g/mol. The van der Waals surface area contributed by atoms with Crippen molar-refractivity contribution in [2.75, 3.05) is 37.6 Å². The normalized spacial score (nSPS) is 19.1. The summed E-state index contributed by atoms with van der Waals surface area (Å²) in [5.74, 6) is 0.495. The predicted molar refractivity (Wildman–Crippen MR) is 148 cm³/mol. The maximum absolute atomic E-state index is 13.4. The molecule has 0 radical (unpaired) electrons. The Bertz CT molecular complexity index is 1300. The molecule has 2 aromatic rings. The molecule has 2 fully saturated rings. The van der Waals surface area contributed by atoms with E-state index in [4.69, 9.17) is 27.9 Å². The summed E-state index contributed by atoms with van der Waals surface area (Å²) < 4.78 is 7.04. The average Bonchev–Trinajstić information content (AvgIpc) is 2.85. The number of amides is 2. The van der Waals surface area contributed by atoms with Crippen molar-refractivity contribution in [3.05, 3.63) is 39.4 Å². The molecule has 2 amide bonds. The van der Waals surface area contributed by atoms with Gasteiger partial charge in [-0.2, -0.15) is 4.98 Å². The molecule has 0 spiro atoms. The van der Waals surface area contributed by atoms with Gasteiger partial charge in [-0.05, 0) is 58.6 Å². The second-order valence-corrected chi connectivity index (χ2v) is 11.7. The number of likely N-dealkylation sites (tertiary alicyclic amines) is 1. The molecular weight excluding hydrogens is 531 g/mol. The summed E-state index contributed by atoms with van der Waals surface area (Å²) in [6.07, 6.45) is 2.41. The SMILES string of the molecule is C=CC(=O)N1CCN(c2nc(=O)n(CC3CCN(C(=O)OC(C)(C)C)CC3)c3nc(Cl)c(Cl)cc23)[C@@H](C)C1. The summed E-state index contributed by atoms with van der Waals surface area (Å²) in [6.45, 7) is 14.0. The number of halogens is 2. The van der Waals surface area contributed by atoms with Gasteiger partial charge in [-0.15, -0.1) is 0 Å². The molecule has 2 aliphatic rings. The zero-order valence-electron chi connectivity index (χ0n) is 22.2. The van der Waals surface area contributed by atoms with E-state index in [0.29, 0.717) is 69.0 Å². The number of rotatable bonds is 4. The van der Waals surface area contributed by atoms with Crippen molar-refractivity contribution in [3.63, 3.8) is 0 Å². The zero-order chi connectivity index (χ0) is 27.8. The molecule has 0 bridgehead atoms. The largest absolute Gasteiger partial charge is 0.444 e. The Hall–Kier alpha value is -2.85. The Morgan fingerprint density at radius 1 is 1.13 bits per heavy atom. The van der Waals surface area contributed by atoms with Gasteiger partial charge in [0.15, 0.2) is 0 Å². The molecule has 0 unspecified atom stereocenters. The van der Waals surface area contributed by atoms with Gasteiger partial charge in [-0.25, -0.2) is 14.6 Å². The molecule has 38 heavy (non-hydrogen) atoms. The standard InChI is InChI=1S/C26H34Cl2N6O4/c1-6-20(35)32-11-12-33(16(2)14-32)23-18-13-19(27)21(28)29-22(18)34(24(36)30-23)15-17-7-9-31(10-8-17)25(37)38-26(3,4)5/h6,13,16-17H,1,7-12,14-15H2,2-5H3/t16-/m0/s1. The van der Waals surface area contributed by atoms with E-state index in [1.807, 2.05) is 32.6 Å². The fourth-order valence-electron chi connectivity index (χ4n) is 5.00. The van der Waals surface area contributed by atoms with Gasteiger partial charge < -0.3 is 19.4 Å². The number of hydrogen-bond acceptors (Lipinski definition) is 7. The van der Waals surface area contributed by atoms with E-state index in [-0.39, 0.29) is 34.1 Å². The first-order chi connectivity index (χ1) is 17.9. The second kappa shape index (κ2) is 11.1. The molecule has 206 valence electrons. The van der Waals surface area contributed by atoms with Gasteiger partial charge in [-0.1, -0.05) is 29.8 Å². The van der Waals surface area contributed by atoms with Gasteiger partial charge in [0.2, 0.25) is 5.91 Å². The molecule has 4 rings (SSSR count). The van der Waals surface area contributed by atoms with Gasteiger partial charge in [0.1, 0.15) is 22.2 Å². The quantitative estimate of drug-likeness (QED) is 0.409. The summed E-state index contributed by atoms with van der Waals surface area (Å²) in [7, 11) is 0. The number of fused-ring (bicyclic) bond motifs is 1. The fourth-order valence-corrected chi connectivity index (χ4v) is 5.28. The first kappa shape index (κ1) is 28.2. The highest BCUT2D eigenvalue weighted by Crippen LogP contribution is 2.32. The van der Waals surface area contributed by atoms with Crippen LogP contribution in [-0.4, -0.2) is 80.7 Å². The van der Waals surface area contributed by atoms with E-state index in [1.54, 1.807) is 20.4 Å². The highest BCUT2D eigenvalue weighted by molar-refractivity contribution is 6.41. The van der Waals surface area contributed by atoms with Crippen molar-refractivity contribution in [3.8, 4) is 0 Å². The van der Waals surface area contributed by atoms with Crippen LogP contribution in [0.15, 0.2) is 23.5 Å². The molecule has 0 N–H and O–H groups in total. The number of piperazine rings is 1. The lowest BCUT2D eigenvalue weighted by Gasteiger charge is -2.40. The Kier molecular flexibility index (Phi) is 8.23. The van der Waals surface area contributed by atoms with Crippen LogP contribution in [0.1, 0.15) is 40.5 Å². The van der Waals surface area contributed by atoms with Gasteiger partial charge in [0.05, 0.1) is 10.4 Å². The van der Waals surface area contributed by atoms with Crippen molar-refractivity contribution in [2.24, 2.45) is 5.92 Å².